The fraction of sp³-hybridized carbons (Fsp3) is 0.100. The van der Waals surface area contributed by atoms with E-state index in [-0.39, 0.29) is 16.4 Å². The van der Waals surface area contributed by atoms with E-state index < -0.39 is 11.6 Å². The molecule has 4 heteroatoms. The van der Waals surface area contributed by atoms with Gasteiger partial charge in [0.1, 0.15) is 5.82 Å². The van der Waals surface area contributed by atoms with Crippen molar-refractivity contribution in [3.63, 3.8) is 0 Å². The lowest BCUT2D eigenvalue weighted by atomic mass is 10.1. The van der Waals surface area contributed by atoms with Gasteiger partial charge in [-0.3, -0.25) is 4.79 Å². The molecule has 0 unspecified atom stereocenters. The van der Waals surface area contributed by atoms with E-state index in [1.807, 2.05) is 0 Å². The standard InChI is InChI=1S/C10H7ClF2O/c1-6(14)2-3-7-9(12)5-4-8(11)10(7)13/h2-5H,1H3/b3-2+. The van der Waals surface area contributed by atoms with Crippen molar-refractivity contribution in [2.24, 2.45) is 0 Å². The molecule has 0 aliphatic heterocycles. The van der Waals surface area contributed by atoms with Crippen molar-refractivity contribution in [1.29, 1.82) is 0 Å². The van der Waals surface area contributed by atoms with E-state index in [0.717, 1.165) is 24.3 Å². The maximum atomic E-state index is 13.2. The maximum Gasteiger partial charge on any atom is 0.152 e. The summed E-state index contributed by atoms with van der Waals surface area (Å²) in [4.78, 5) is 10.6. The normalized spacial score (nSPS) is 10.9. The van der Waals surface area contributed by atoms with Crippen molar-refractivity contribution < 1.29 is 13.6 Å². The van der Waals surface area contributed by atoms with E-state index in [1.54, 1.807) is 0 Å². The number of hydrogen-bond acceptors (Lipinski definition) is 1. The Morgan fingerprint density at radius 3 is 2.64 bits per heavy atom. The van der Waals surface area contributed by atoms with Crippen molar-refractivity contribution in [3.05, 3.63) is 40.4 Å². The molecule has 14 heavy (non-hydrogen) atoms. The summed E-state index contributed by atoms with van der Waals surface area (Å²) in [6.45, 7) is 1.29. The molecule has 0 amide bonds. The third-order valence-electron chi connectivity index (χ3n) is 1.56. The molecule has 0 saturated carbocycles. The van der Waals surface area contributed by atoms with Gasteiger partial charge in [0, 0.05) is 5.56 Å². The number of benzene rings is 1. The van der Waals surface area contributed by atoms with Gasteiger partial charge < -0.3 is 0 Å². The van der Waals surface area contributed by atoms with E-state index in [0.29, 0.717) is 0 Å². The van der Waals surface area contributed by atoms with Crippen LogP contribution in [0.4, 0.5) is 8.78 Å². The van der Waals surface area contributed by atoms with Crippen molar-refractivity contribution >= 4 is 23.5 Å². The highest BCUT2D eigenvalue weighted by Gasteiger charge is 2.09. The van der Waals surface area contributed by atoms with Gasteiger partial charge in [-0.2, -0.15) is 0 Å². The highest BCUT2D eigenvalue weighted by molar-refractivity contribution is 6.30. The minimum Gasteiger partial charge on any atom is -0.295 e. The second kappa shape index (κ2) is 4.33. The first-order valence-electron chi connectivity index (χ1n) is 3.84. The van der Waals surface area contributed by atoms with Crippen molar-refractivity contribution in [1.82, 2.24) is 0 Å². The minimum atomic E-state index is -0.857. The fourth-order valence-electron chi connectivity index (χ4n) is 0.896. The Balaban J connectivity index is 3.19. The van der Waals surface area contributed by atoms with Gasteiger partial charge in [-0.25, -0.2) is 8.78 Å². The number of carbonyl (C=O) groups excluding carboxylic acids is 1. The molecule has 1 aromatic carbocycles. The second-order valence-electron chi connectivity index (χ2n) is 2.70. The zero-order valence-electron chi connectivity index (χ0n) is 7.35. The van der Waals surface area contributed by atoms with E-state index in [2.05, 4.69) is 0 Å². The van der Waals surface area contributed by atoms with Crippen LogP contribution in [0.3, 0.4) is 0 Å². The average Bonchev–Trinajstić information content (AvgIpc) is 2.11. The molecular weight excluding hydrogens is 210 g/mol. The number of halogens is 3. The lowest BCUT2D eigenvalue weighted by molar-refractivity contribution is -0.112. The lowest BCUT2D eigenvalue weighted by Gasteiger charge is -2.00. The van der Waals surface area contributed by atoms with Crippen LogP contribution in [0, 0.1) is 11.6 Å². The lowest BCUT2D eigenvalue weighted by Crippen LogP contribution is -1.90. The molecule has 0 heterocycles. The molecule has 0 saturated heterocycles. The summed E-state index contributed by atoms with van der Waals surface area (Å²) in [6.07, 6.45) is 2.15. The largest absolute Gasteiger partial charge is 0.295 e. The zero-order valence-corrected chi connectivity index (χ0v) is 8.11. The summed E-state index contributed by atoms with van der Waals surface area (Å²) in [7, 11) is 0. The van der Waals surface area contributed by atoms with Gasteiger partial charge in [0.25, 0.3) is 0 Å². The van der Waals surface area contributed by atoms with Crippen LogP contribution in [-0.4, -0.2) is 5.78 Å². The first-order valence-corrected chi connectivity index (χ1v) is 4.22. The van der Waals surface area contributed by atoms with Crippen LogP contribution in [0.15, 0.2) is 18.2 Å². The smallest absolute Gasteiger partial charge is 0.152 e. The molecule has 0 fully saturated rings. The predicted octanol–water partition coefficient (Wildman–Crippen LogP) is 3.22. The van der Waals surface area contributed by atoms with Gasteiger partial charge in [0.15, 0.2) is 11.6 Å². The fourth-order valence-corrected chi connectivity index (χ4v) is 1.06. The van der Waals surface area contributed by atoms with Gasteiger partial charge in [-0.1, -0.05) is 11.6 Å². The van der Waals surface area contributed by atoms with Crippen LogP contribution in [-0.2, 0) is 4.79 Å². The average molecular weight is 217 g/mol. The Labute approximate surface area is 85.0 Å². The monoisotopic (exact) mass is 216 g/mol. The third-order valence-corrected chi connectivity index (χ3v) is 1.86. The van der Waals surface area contributed by atoms with Crippen LogP contribution >= 0.6 is 11.6 Å². The van der Waals surface area contributed by atoms with Gasteiger partial charge >= 0.3 is 0 Å². The Morgan fingerprint density at radius 1 is 1.43 bits per heavy atom. The Morgan fingerprint density at radius 2 is 2.07 bits per heavy atom. The quantitative estimate of drug-likeness (QED) is 0.548. The molecular formula is C10H7ClF2O. The molecule has 0 spiro atoms. The molecule has 0 aromatic heterocycles. The molecule has 1 rings (SSSR count). The van der Waals surface area contributed by atoms with E-state index in [4.69, 9.17) is 11.6 Å². The van der Waals surface area contributed by atoms with E-state index in [1.165, 1.54) is 6.92 Å². The van der Waals surface area contributed by atoms with Crippen LogP contribution in [0.25, 0.3) is 6.08 Å². The molecule has 1 aromatic rings. The highest BCUT2D eigenvalue weighted by Crippen LogP contribution is 2.21. The summed E-state index contributed by atoms with van der Waals surface area (Å²) in [6, 6.07) is 2.17. The summed E-state index contributed by atoms with van der Waals surface area (Å²) < 4.78 is 26.2. The first kappa shape index (κ1) is 10.9. The number of allylic oxidation sites excluding steroid dienone is 1. The van der Waals surface area contributed by atoms with Gasteiger partial charge in [-0.15, -0.1) is 0 Å². The number of rotatable bonds is 2. The maximum absolute atomic E-state index is 13.2. The number of ketones is 1. The predicted molar refractivity (Wildman–Crippen MR) is 51.1 cm³/mol. The Bertz CT molecular complexity index is 399. The summed E-state index contributed by atoms with van der Waals surface area (Å²) >= 11 is 5.44. The molecule has 0 aliphatic carbocycles. The minimum absolute atomic E-state index is 0.172. The molecule has 0 bridgehead atoms. The van der Waals surface area contributed by atoms with Gasteiger partial charge in [0.2, 0.25) is 0 Å². The first-order chi connectivity index (χ1) is 6.52. The summed E-state index contributed by atoms with van der Waals surface area (Å²) in [5, 5.41) is -0.172. The van der Waals surface area contributed by atoms with Crippen molar-refractivity contribution in [3.8, 4) is 0 Å². The van der Waals surface area contributed by atoms with Crippen LogP contribution in [0.1, 0.15) is 12.5 Å². The van der Waals surface area contributed by atoms with Crippen molar-refractivity contribution in [2.75, 3.05) is 0 Å². The Hall–Kier alpha value is -1.22. The van der Waals surface area contributed by atoms with Crippen LogP contribution in [0.2, 0.25) is 5.02 Å². The second-order valence-corrected chi connectivity index (χ2v) is 3.11. The SMILES string of the molecule is CC(=O)/C=C/c1c(F)ccc(Cl)c1F. The molecule has 1 nitrogen and oxygen atoms in total. The van der Waals surface area contributed by atoms with Crippen LogP contribution in [0.5, 0.6) is 0 Å². The summed E-state index contributed by atoms with van der Waals surface area (Å²) in [5.41, 5.74) is -0.298. The molecule has 74 valence electrons. The zero-order chi connectivity index (χ0) is 10.7. The topological polar surface area (TPSA) is 17.1 Å². The van der Waals surface area contributed by atoms with Gasteiger partial charge in [-0.05, 0) is 31.2 Å². The molecule has 0 radical (unpaired) electrons. The molecule has 0 aliphatic rings. The molecule has 0 atom stereocenters. The highest BCUT2D eigenvalue weighted by atomic mass is 35.5. The number of hydrogen-bond donors (Lipinski definition) is 0. The molecule has 0 N–H and O–H groups in total. The summed E-state index contributed by atoms with van der Waals surface area (Å²) in [5.74, 6) is -1.89. The van der Waals surface area contributed by atoms with E-state index >= 15 is 0 Å². The van der Waals surface area contributed by atoms with E-state index in [9.17, 15) is 13.6 Å². The Kier molecular flexibility index (Phi) is 3.36. The van der Waals surface area contributed by atoms with Crippen molar-refractivity contribution in [2.45, 2.75) is 6.92 Å². The van der Waals surface area contributed by atoms with Crippen LogP contribution < -0.4 is 0 Å². The number of carbonyl (C=O) groups is 1. The van der Waals surface area contributed by atoms with Gasteiger partial charge in [0.05, 0.1) is 5.02 Å². The third kappa shape index (κ3) is 2.39.